The minimum absolute atomic E-state index is 0.0315. The van der Waals surface area contributed by atoms with Crippen molar-refractivity contribution in [1.82, 2.24) is 9.88 Å². The number of hydrogen-bond donors (Lipinski definition) is 1. The second kappa shape index (κ2) is 6.34. The Kier molecular flexibility index (Phi) is 4.83. The highest BCUT2D eigenvalue weighted by atomic mass is 32.2. The molecule has 0 bridgehead atoms. The van der Waals surface area contributed by atoms with Crippen molar-refractivity contribution in [2.24, 2.45) is 5.92 Å². The molecule has 1 N–H and O–H groups in total. The Hall–Kier alpha value is -1.84. The van der Waals surface area contributed by atoms with E-state index in [2.05, 4.69) is 4.98 Å². The monoisotopic (exact) mass is 351 g/mol. The van der Waals surface area contributed by atoms with Gasteiger partial charge in [0.1, 0.15) is 0 Å². The number of likely N-dealkylation sites (tertiary alicyclic amines) is 1. The Morgan fingerprint density at radius 2 is 2.13 bits per heavy atom. The van der Waals surface area contributed by atoms with Crippen LogP contribution >= 0.6 is 0 Å². The van der Waals surface area contributed by atoms with Gasteiger partial charge in [-0.15, -0.1) is 0 Å². The van der Waals surface area contributed by atoms with Crippen LogP contribution in [0.4, 0.5) is 18.9 Å². The zero-order valence-electron chi connectivity index (χ0n) is 12.3. The Bertz CT molecular complexity index is 691. The molecule has 1 amide bonds. The van der Waals surface area contributed by atoms with E-state index in [1.807, 2.05) is 6.92 Å². The van der Waals surface area contributed by atoms with Crippen molar-refractivity contribution in [1.29, 1.82) is 0 Å². The average Bonchev–Trinajstić information content (AvgIpc) is 2.42. The number of hydrogen-bond acceptors (Lipinski definition) is 4. The second-order valence-electron chi connectivity index (χ2n) is 5.50. The molecule has 1 atom stereocenters. The fraction of sp³-hybridized carbons (Fsp3) is 0.538. The number of aromatic nitrogens is 1. The van der Waals surface area contributed by atoms with Gasteiger partial charge >= 0.3 is 15.5 Å². The van der Waals surface area contributed by atoms with Crippen LogP contribution in [0.1, 0.15) is 25.3 Å². The fourth-order valence-corrected chi connectivity index (χ4v) is 2.85. The number of carbonyl (C=O) groups is 1. The van der Waals surface area contributed by atoms with E-state index >= 15 is 0 Å². The van der Waals surface area contributed by atoms with Gasteiger partial charge in [-0.1, -0.05) is 6.92 Å². The average molecular weight is 351 g/mol. The van der Waals surface area contributed by atoms with Gasteiger partial charge in [0, 0.05) is 25.7 Å². The van der Waals surface area contributed by atoms with Crippen molar-refractivity contribution < 1.29 is 26.4 Å². The number of pyridine rings is 1. The first-order chi connectivity index (χ1) is 10.6. The molecule has 6 nitrogen and oxygen atoms in total. The summed E-state index contributed by atoms with van der Waals surface area (Å²) >= 11 is 0. The summed E-state index contributed by atoms with van der Waals surface area (Å²) in [7, 11) is -5.53. The van der Waals surface area contributed by atoms with Crippen molar-refractivity contribution in [2.45, 2.75) is 31.8 Å². The van der Waals surface area contributed by atoms with Gasteiger partial charge < -0.3 is 4.90 Å². The summed E-state index contributed by atoms with van der Waals surface area (Å²) in [5, 5.41) is 0. The van der Waals surface area contributed by atoms with Crippen LogP contribution < -0.4 is 4.72 Å². The normalized spacial score (nSPS) is 19.7. The van der Waals surface area contributed by atoms with Crippen LogP contribution in [0, 0.1) is 5.92 Å². The van der Waals surface area contributed by atoms with Crippen LogP contribution in [0.2, 0.25) is 0 Å². The molecule has 2 rings (SSSR count). The van der Waals surface area contributed by atoms with Crippen LogP contribution in [0.3, 0.4) is 0 Å². The van der Waals surface area contributed by atoms with Gasteiger partial charge in [0.05, 0.1) is 11.9 Å². The van der Waals surface area contributed by atoms with Crippen LogP contribution in [-0.4, -0.2) is 36.3 Å². The molecule has 1 unspecified atom stereocenters. The van der Waals surface area contributed by atoms with Crippen LogP contribution in [-0.2, 0) is 21.4 Å². The zero-order valence-corrected chi connectivity index (χ0v) is 13.1. The van der Waals surface area contributed by atoms with E-state index in [1.165, 1.54) is 21.9 Å². The summed E-state index contributed by atoms with van der Waals surface area (Å²) in [6, 6.07) is 1.39. The van der Waals surface area contributed by atoms with Crippen LogP contribution in [0.5, 0.6) is 0 Å². The van der Waals surface area contributed by atoms with Crippen molar-refractivity contribution in [3.05, 3.63) is 24.0 Å². The number of nitrogens with zero attached hydrogens (tertiary/aromatic N) is 2. The number of anilines is 1. The summed E-state index contributed by atoms with van der Waals surface area (Å²) in [6.07, 6.45) is 3.49. The standard InChI is InChI=1S/C13H16F3N3O3S/c1-9-3-5-19(12(20)6-9)8-10-2-4-17-7-11(10)18-23(21,22)13(14,15)16/h2,4,7,9,18H,3,5-6,8H2,1H3. The lowest BCUT2D eigenvalue weighted by molar-refractivity contribution is -0.135. The number of carbonyl (C=O) groups excluding carboxylic acids is 1. The maximum Gasteiger partial charge on any atom is 0.516 e. The van der Waals surface area contributed by atoms with Gasteiger partial charge in [-0.3, -0.25) is 14.5 Å². The van der Waals surface area contributed by atoms with Gasteiger partial charge in [-0.2, -0.15) is 21.6 Å². The molecule has 1 aliphatic heterocycles. The first-order valence-electron chi connectivity index (χ1n) is 6.90. The predicted molar refractivity (Wildman–Crippen MR) is 76.6 cm³/mol. The minimum atomic E-state index is -5.53. The number of amides is 1. The molecule has 1 saturated heterocycles. The molecule has 128 valence electrons. The van der Waals surface area contributed by atoms with E-state index in [1.54, 1.807) is 0 Å². The largest absolute Gasteiger partial charge is 0.516 e. The van der Waals surface area contributed by atoms with Crippen molar-refractivity contribution in [3.63, 3.8) is 0 Å². The lowest BCUT2D eigenvalue weighted by atomic mass is 9.98. The predicted octanol–water partition coefficient (Wildman–Crippen LogP) is 2.10. The number of piperidine rings is 1. The zero-order chi connectivity index (χ0) is 17.3. The molecular formula is C13H16F3N3O3S. The van der Waals surface area contributed by atoms with Crippen molar-refractivity contribution in [3.8, 4) is 0 Å². The molecule has 0 aromatic carbocycles. The van der Waals surface area contributed by atoms with E-state index in [0.717, 1.165) is 12.6 Å². The third kappa shape index (κ3) is 4.12. The Morgan fingerprint density at radius 3 is 2.74 bits per heavy atom. The number of rotatable bonds is 4. The maximum absolute atomic E-state index is 12.5. The quantitative estimate of drug-likeness (QED) is 0.901. The van der Waals surface area contributed by atoms with Gasteiger partial charge in [0.2, 0.25) is 5.91 Å². The van der Waals surface area contributed by atoms with Gasteiger partial charge in [0.25, 0.3) is 0 Å². The van der Waals surface area contributed by atoms with E-state index in [0.29, 0.717) is 13.0 Å². The summed E-state index contributed by atoms with van der Waals surface area (Å²) in [5.41, 5.74) is -5.44. The number of alkyl halides is 3. The van der Waals surface area contributed by atoms with E-state index < -0.39 is 15.5 Å². The Morgan fingerprint density at radius 1 is 1.43 bits per heavy atom. The fourth-order valence-electron chi connectivity index (χ4n) is 2.26. The van der Waals surface area contributed by atoms with Gasteiger partial charge in [0.15, 0.2) is 0 Å². The van der Waals surface area contributed by atoms with Crippen molar-refractivity contribution >= 4 is 21.6 Å². The molecule has 0 radical (unpaired) electrons. The van der Waals surface area contributed by atoms with Gasteiger partial charge in [-0.05, 0) is 24.0 Å². The maximum atomic E-state index is 12.5. The van der Waals surface area contributed by atoms with Crippen LogP contribution in [0.15, 0.2) is 18.5 Å². The first kappa shape index (κ1) is 17.5. The molecular weight excluding hydrogens is 335 g/mol. The summed E-state index contributed by atoms with van der Waals surface area (Å²) < 4.78 is 61.4. The SMILES string of the molecule is CC1CCN(Cc2ccncc2NS(=O)(=O)C(F)(F)F)C(=O)C1. The third-order valence-corrected chi connectivity index (χ3v) is 4.69. The topological polar surface area (TPSA) is 79.4 Å². The molecule has 1 fully saturated rings. The Labute approximate surface area is 131 Å². The highest BCUT2D eigenvalue weighted by molar-refractivity contribution is 7.93. The number of sulfonamides is 1. The Balaban J connectivity index is 2.20. The summed E-state index contributed by atoms with van der Waals surface area (Å²) in [5.74, 6) is 0.157. The molecule has 0 saturated carbocycles. The molecule has 1 aromatic rings. The second-order valence-corrected chi connectivity index (χ2v) is 7.17. The molecule has 1 aromatic heterocycles. The smallest absolute Gasteiger partial charge is 0.338 e. The highest BCUT2D eigenvalue weighted by Gasteiger charge is 2.46. The molecule has 0 aliphatic carbocycles. The molecule has 10 heteroatoms. The lowest BCUT2D eigenvalue weighted by Crippen LogP contribution is -2.38. The molecule has 23 heavy (non-hydrogen) atoms. The lowest BCUT2D eigenvalue weighted by Gasteiger charge is -2.30. The molecule has 1 aliphatic rings. The summed E-state index contributed by atoms with van der Waals surface area (Å²) in [4.78, 5) is 17.1. The first-order valence-corrected chi connectivity index (χ1v) is 8.38. The van der Waals surface area contributed by atoms with Crippen molar-refractivity contribution in [2.75, 3.05) is 11.3 Å². The van der Waals surface area contributed by atoms with Gasteiger partial charge in [-0.25, -0.2) is 0 Å². The van der Waals surface area contributed by atoms with E-state index in [9.17, 15) is 26.4 Å². The highest BCUT2D eigenvalue weighted by Crippen LogP contribution is 2.28. The molecule has 2 heterocycles. The number of halogens is 3. The molecule has 0 spiro atoms. The van der Waals surface area contributed by atoms with E-state index in [-0.39, 0.29) is 29.6 Å². The third-order valence-electron chi connectivity index (χ3n) is 3.59. The number of nitrogens with one attached hydrogen (secondary N) is 1. The van der Waals surface area contributed by atoms with Crippen LogP contribution in [0.25, 0.3) is 0 Å². The van der Waals surface area contributed by atoms with E-state index in [4.69, 9.17) is 0 Å². The summed E-state index contributed by atoms with van der Waals surface area (Å²) in [6.45, 7) is 2.46. The minimum Gasteiger partial charge on any atom is -0.338 e.